The van der Waals surface area contributed by atoms with Gasteiger partial charge >= 0.3 is 6.09 Å². The third-order valence-corrected chi connectivity index (χ3v) is 6.87. The Labute approximate surface area is 175 Å². The number of carbonyl (C=O) groups is 2. The minimum atomic E-state index is -0.561. The lowest BCUT2D eigenvalue weighted by molar-refractivity contribution is -0.135. The van der Waals surface area contributed by atoms with E-state index in [1.54, 1.807) is 0 Å². The predicted molar refractivity (Wildman–Crippen MR) is 113 cm³/mol. The summed E-state index contributed by atoms with van der Waals surface area (Å²) in [5.74, 6) is 1.88. The van der Waals surface area contributed by atoms with Crippen LogP contribution in [-0.2, 0) is 9.53 Å². The molecule has 0 aromatic carbocycles. The highest BCUT2D eigenvalue weighted by Gasteiger charge is 2.64. The zero-order valence-corrected chi connectivity index (χ0v) is 18.8. The summed E-state index contributed by atoms with van der Waals surface area (Å²) in [6.07, 6.45) is 3.29. The molecule has 4 aliphatic rings. The molecular formula is C22H40N4O3. The van der Waals surface area contributed by atoms with Gasteiger partial charge in [0.15, 0.2) is 0 Å². The number of likely N-dealkylation sites (tertiary alicyclic amines) is 1. The van der Waals surface area contributed by atoms with Gasteiger partial charge in [-0.05, 0) is 57.8 Å². The number of amides is 2. The van der Waals surface area contributed by atoms with Gasteiger partial charge in [-0.2, -0.15) is 0 Å². The van der Waals surface area contributed by atoms with Crippen LogP contribution in [0.15, 0.2) is 0 Å². The summed E-state index contributed by atoms with van der Waals surface area (Å²) in [6, 6.07) is 0.448. The molecule has 0 spiro atoms. The Morgan fingerprint density at radius 3 is 2.66 bits per heavy atom. The Hall–Kier alpha value is -1.34. The number of nitrogens with zero attached hydrogens (tertiary/aromatic N) is 1. The molecule has 3 saturated heterocycles. The van der Waals surface area contributed by atoms with Crippen molar-refractivity contribution < 1.29 is 14.3 Å². The first-order chi connectivity index (χ1) is 13.5. The highest BCUT2D eigenvalue weighted by atomic mass is 16.6. The van der Waals surface area contributed by atoms with Crippen LogP contribution in [-0.4, -0.2) is 60.3 Å². The number of unbranched alkanes of at least 4 members (excludes halogenated alkanes) is 1. The Morgan fingerprint density at radius 1 is 1.31 bits per heavy atom. The van der Waals surface area contributed by atoms with Crippen LogP contribution in [0.4, 0.5) is 4.79 Å². The fourth-order valence-electron chi connectivity index (χ4n) is 5.97. The van der Waals surface area contributed by atoms with Crippen molar-refractivity contribution in [1.29, 1.82) is 0 Å². The van der Waals surface area contributed by atoms with Gasteiger partial charge in [0.05, 0.1) is 0 Å². The van der Waals surface area contributed by atoms with E-state index in [0.717, 1.165) is 45.3 Å². The van der Waals surface area contributed by atoms with Crippen LogP contribution >= 0.6 is 0 Å². The van der Waals surface area contributed by atoms with Crippen LogP contribution in [0.3, 0.4) is 0 Å². The first-order valence-electron chi connectivity index (χ1n) is 11.3. The van der Waals surface area contributed by atoms with E-state index in [9.17, 15) is 9.59 Å². The van der Waals surface area contributed by atoms with Crippen LogP contribution in [0.25, 0.3) is 0 Å². The molecule has 1 saturated carbocycles. The minimum absolute atomic E-state index is 0.186. The molecule has 1 aliphatic carbocycles. The Bertz CT molecular complexity index is 618. The van der Waals surface area contributed by atoms with Crippen molar-refractivity contribution in [3.05, 3.63) is 0 Å². The molecule has 0 radical (unpaired) electrons. The molecule has 7 nitrogen and oxygen atoms in total. The fraction of sp³-hybridized carbons (Fsp3) is 0.909. The first kappa shape index (κ1) is 22.3. The summed E-state index contributed by atoms with van der Waals surface area (Å²) < 4.78 is 5.29. The van der Waals surface area contributed by atoms with Crippen molar-refractivity contribution in [2.24, 2.45) is 29.4 Å². The number of nitrogens with one attached hydrogen (secondary N) is 2. The second-order valence-electron chi connectivity index (χ2n) is 10.7. The van der Waals surface area contributed by atoms with E-state index < -0.39 is 11.1 Å². The number of hydrogen-bond donors (Lipinski definition) is 3. The maximum atomic E-state index is 12.6. The number of hydrogen-bond acceptors (Lipinski definition) is 5. The van der Waals surface area contributed by atoms with E-state index in [4.69, 9.17) is 10.5 Å². The second kappa shape index (κ2) is 8.42. The van der Waals surface area contributed by atoms with Gasteiger partial charge in [0.25, 0.3) is 0 Å². The van der Waals surface area contributed by atoms with Crippen LogP contribution in [0.1, 0.15) is 60.3 Å². The lowest BCUT2D eigenvalue weighted by Crippen LogP contribution is -2.73. The lowest BCUT2D eigenvalue weighted by Gasteiger charge is -2.55. The molecule has 4 fully saturated rings. The first-order valence-corrected chi connectivity index (χ1v) is 11.3. The molecule has 3 aliphatic heterocycles. The Morgan fingerprint density at radius 2 is 2.03 bits per heavy atom. The van der Waals surface area contributed by atoms with Gasteiger partial charge in [0.2, 0.25) is 5.91 Å². The smallest absolute Gasteiger partial charge is 0.407 e. The second-order valence-corrected chi connectivity index (χ2v) is 10.7. The van der Waals surface area contributed by atoms with Gasteiger partial charge in [0, 0.05) is 38.1 Å². The third kappa shape index (κ3) is 4.71. The molecule has 0 aromatic rings. The van der Waals surface area contributed by atoms with E-state index >= 15 is 0 Å². The van der Waals surface area contributed by atoms with Crippen LogP contribution < -0.4 is 16.4 Å². The number of fused-ring (bicyclic) bond motifs is 1. The average molecular weight is 409 g/mol. The number of nitrogens with two attached hydrogens (primary N) is 1. The molecule has 4 rings (SSSR count). The largest absolute Gasteiger partial charge is 0.444 e. The van der Waals surface area contributed by atoms with E-state index in [0.29, 0.717) is 30.3 Å². The lowest BCUT2D eigenvalue weighted by atomic mass is 9.58. The molecule has 0 aromatic heterocycles. The molecule has 5 unspecified atom stereocenters. The van der Waals surface area contributed by atoms with Crippen LogP contribution in [0.5, 0.6) is 0 Å². The maximum Gasteiger partial charge on any atom is 0.407 e. The molecule has 166 valence electrons. The van der Waals surface area contributed by atoms with E-state index in [1.165, 1.54) is 0 Å². The summed E-state index contributed by atoms with van der Waals surface area (Å²) in [7, 11) is 0. The van der Waals surface area contributed by atoms with Crippen molar-refractivity contribution in [3.8, 4) is 0 Å². The van der Waals surface area contributed by atoms with Crippen molar-refractivity contribution in [1.82, 2.24) is 15.5 Å². The summed E-state index contributed by atoms with van der Waals surface area (Å²) in [5.41, 5.74) is 4.92. The summed E-state index contributed by atoms with van der Waals surface area (Å²) in [5, 5.41) is 6.38. The zero-order valence-electron chi connectivity index (χ0n) is 18.8. The maximum absolute atomic E-state index is 12.6. The molecule has 4 N–H and O–H groups in total. The van der Waals surface area contributed by atoms with E-state index in [1.807, 2.05) is 20.8 Å². The Kier molecular flexibility index (Phi) is 6.49. The van der Waals surface area contributed by atoms with Crippen molar-refractivity contribution in [2.45, 2.75) is 77.5 Å². The van der Waals surface area contributed by atoms with Crippen LogP contribution in [0.2, 0.25) is 0 Å². The van der Waals surface area contributed by atoms with Crippen molar-refractivity contribution >= 4 is 12.0 Å². The topological polar surface area (TPSA) is 96.7 Å². The highest BCUT2D eigenvalue weighted by molar-refractivity contribution is 5.86. The number of carbonyl (C=O) groups excluding carboxylic acids is 2. The molecule has 4 bridgehead atoms. The summed E-state index contributed by atoms with van der Waals surface area (Å²) in [4.78, 5) is 27.0. The molecule has 2 amide bonds. The van der Waals surface area contributed by atoms with Gasteiger partial charge in [-0.25, -0.2) is 4.79 Å². The Balaban J connectivity index is 1.59. The molecular weight excluding hydrogens is 368 g/mol. The van der Waals surface area contributed by atoms with E-state index in [2.05, 4.69) is 29.4 Å². The van der Waals surface area contributed by atoms with Gasteiger partial charge in [-0.1, -0.05) is 20.3 Å². The van der Waals surface area contributed by atoms with E-state index in [-0.39, 0.29) is 17.9 Å². The molecule has 29 heavy (non-hydrogen) atoms. The number of piperidine rings is 2. The molecule has 7 heteroatoms. The number of rotatable bonds is 8. The van der Waals surface area contributed by atoms with Crippen molar-refractivity contribution in [2.75, 3.05) is 26.2 Å². The highest BCUT2D eigenvalue weighted by Crippen LogP contribution is 2.53. The number of ether oxygens (including phenoxy) is 1. The number of alkyl carbamates (subject to hydrolysis) is 1. The van der Waals surface area contributed by atoms with Gasteiger partial charge in [-0.3, -0.25) is 9.69 Å². The monoisotopic (exact) mass is 408 g/mol. The number of primary amides is 1. The van der Waals surface area contributed by atoms with Gasteiger partial charge in [0.1, 0.15) is 11.1 Å². The van der Waals surface area contributed by atoms with Gasteiger partial charge < -0.3 is 21.1 Å². The SMILES string of the molecule is CC(C)CN1CC2CC3(C(N)=O)NCC2C1C3CCCCNC(=O)OC(C)(C)C. The standard InChI is InChI=1S/C22H40N4O3/c1-14(2)12-26-13-15-10-22(19(23)27)17(18(26)16(15)11-25-22)8-6-7-9-24-20(28)29-21(3,4)5/h14-18,25H,6-13H2,1-5H3,(H2,23,27)(H,24,28). The molecule has 3 heterocycles. The average Bonchev–Trinajstić information content (AvgIpc) is 2.87. The zero-order chi connectivity index (χ0) is 21.4. The van der Waals surface area contributed by atoms with Gasteiger partial charge in [-0.15, -0.1) is 0 Å². The quantitative estimate of drug-likeness (QED) is 0.535. The fourth-order valence-corrected chi connectivity index (χ4v) is 5.97. The summed E-state index contributed by atoms with van der Waals surface area (Å²) >= 11 is 0. The van der Waals surface area contributed by atoms with Crippen molar-refractivity contribution in [3.63, 3.8) is 0 Å². The minimum Gasteiger partial charge on any atom is -0.444 e. The molecule has 5 atom stereocenters. The third-order valence-electron chi connectivity index (χ3n) is 6.87. The summed E-state index contributed by atoms with van der Waals surface area (Å²) in [6.45, 7) is 13.8. The predicted octanol–water partition coefficient (Wildman–Crippen LogP) is 2.10. The normalized spacial score (nSPS) is 33.9. The van der Waals surface area contributed by atoms with Crippen LogP contribution in [0, 0.1) is 23.7 Å².